The third-order valence-electron chi connectivity index (χ3n) is 6.25. The van der Waals surface area contributed by atoms with Gasteiger partial charge in [0, 0.05) is 25.5 Å². The number of hydrogen-bond acceptors (Lipinski definition) is 7. The number of rotatable bonds is 13. The fourth-order valence-electron chi connectivity index (χ4n) is 4.23. The number of anilines is 1. The number of halogens is 2. The van der Waals surface area contributed by atoms with Gasteiger partial charge in [-0.2, -0.15) is 8.78 Å². The van der Waals surface area contributed by atoms with Gasteiger partial charge in [0.1, 0.15) is 18.1 Å². The first-order valence-electron chi connectivity index (χ1n) is 13.6. The van der Waals surface area contributed by atoms with Crippen LogP contribution in [0.4, 0.5) is 14.5 Å². The van der Waals surface area contributed by atoms with Gasteiger partial charge in [-0.05, 0) is 25.5 Å². The number of nitrogens with one attached hydrogen (secondary N) is 4. The molecule has 12 nitrogen and oxygen atoms in total. The third kappa shape index (κ3) is 8.63. The van der Waals surface area contributed by atoms with Crippen molar-refractivity contribution in [1.29, 1.82) is 0 Å². The second-order valence-corrected chi connectivity index (χ2v) is 9.82. The second kappa shape index (κ2) is 14.8. The Morgan fingerprint density at radius 3 is 2.32 bits per heavy atom. The fourth-order valence-corrected chi connectivity index (χ4v) is 4.23. The second-order valence-electron chi connectivity index (χ2n) is 9.82. The monoisotopic (exact) mass is 610 g/mol. The van der Waals surface area contributed by atoms with E-state index in [1.165, 1.54) is 6.92 Å². The van der Waals surface area contributed by atoms with E-state index in [1.807, 2.05) is 0 Å². The Morgan fingerprint density at radius 2 is 1.68 bits per heavy atom. The van der Waals surface area contributed by atoms with Crippen LogP contribution in [0.3, 0.4) is 0 Å². The van der Waals surface area contributed by atoms with E-state index in [0.29, 0.717) is 11.1 Å². The molecule has 232 valence electrons. The molecular weight excluding hydrogens is 578 g/mol. The lowest BCUT2D eigenvalue weighted by atomic mass is 9.98. The molecule has 1 atom stereocenters. The lowest BCUT2D eigenvalue weighted by Gasteiger charge is -2.23. The molecule has 2 aromatic carbocycles. The van der Waals surface area contributed by atoms with Crippen LogP contribution in [-0.4, -0.2) is 64.0 Å². The van der Waals surface area contributed by atoms with Gasteiger partial charge in [-0.25, -0.2) is 4.98 Å². The molecule has 0 radical (unpaired) electrons. The zero-order valence-corrected chi connectivity index (χ0v) is 24.3. The number of likely N-dealkylation sites (N-methyl/N-ethyl adjacent to an activating group) is 1. The maximum Gasteiger partial charge on any atom is 0.383 e. The maximum atomic E-state index is 15.1. The van der Waals surface area contributed by atoms with E-state index in [2.05, 4.69) is 20.9 Å². The summed E-state index contributed by atoms with van der Waals surface area (Å²) in [5, 5.41) is 8.64. The molecule has 3 rings (SSSR count). The van der Waals surface area contributed by atoms with Crippen molar-refractivity contribution in [2.24, 2.45) is 0 Å². The van der Waals surface area contributed by atoms with Crippen LogP contribution in [0.1, 0.15) is 25.0 Å². The molecule has 0 bridgehead atoms. The van der Waals surface area contributed by atoms with Crippen molar-refractivity contribution in [3.05, 3.63) is 82.3 Å². The van der Waals surface area contributed by atoms with E-state index in [1.54, 1.807) is 73.8 Å². The number of hydrogen-bond donors (Lipinski definition) is 4. The molecule has 4 N–H and O–H groups in total. The zero-order chi connectivity index (χ0) is 32.4. The molecule has 4 amide bonds. The highest BCUT2D eigenvalue weighted by molar-refractivity contribution is 6.11. The van der Waals surface area contributed by atoms with Crippen LogP contribution in [0.5, 0.6) is 0 Å². The van der Waals surface area contributed by atoms with Crippen molar-refractivity contribution in [3.8, 4) is 11.4 Å². The zero-order valence-electron chi connectivity index (χ0n) is 24.3. The molecular formula is C30H32F2N6O6. The Balaban J connectivity index is 1.94. The largest absolute Gasteiger partial charge is 0.383 e. The van der Waals surface area contributed by atoms with Gasteiger partial charge in [0.2, 0.25) is 23.5 Å². The Labute approximate surface area is 251 Å². The number of aromatic nitrogens is 2. The van der Waals surface area contributed by atoms with Crippen LogP contribution in [0.2, 0.25) is 0 Å². The number of aryl methyl sites for hydroxylation is 1. The molecule has 1 aromatic heterocycles. The summed E-state index contributed by atoms with van der Waals surface area (Å²) in [7, 11) is 0. The van der Waals surface area contributed by atoms with Crippen molar-refractivity contribution in [2.75, 3.05) is 18.4 Å². The molecule has 0 saturated carbocycles. The average molecular weight is 611 g/mol. The minimum Gasteiger partial charge on any atom is -0.355 e. The molecule has 44 heavy (non-hydrogen) atoms. The average Bonchev–Trinajstić information content (AvgIpc) is 2.97. The van der Waals surface area contributed by atoms with E-state index >= 15 is 8.78 Å². The van der Waals surface area contributed by atoms with Crippen molar-refractivity contribution >= 4 is 35.1 Å². The number of nitrogens with zero attached hydrogens (tertiary/aromatic N) is 2. The predicted octanol–water partition coefficient (Wildman–Crippen LogP) is 1.36. The normalized spacial score (nSPS) is 11.7. The Hall–Kier alpha value is -5.27. The molecule has 0 fully saturated rings. The van der Waals surface area contributed by atoms with E-state index in [-0.39, 0.29) is 18.1 Å². The van der Waals surface area contributed by atoms with Crippen LogP contribution in [-0.2, 0) is 36.9 Å². The number of amides is 4. The molecule has 1 heterocycles. The lowest BCUT2D eigenvalue weighted by Crippen LogP contribution is -2.56. The minimum atomic E-state index is -4.62. The van der Waals surface area contributed by atoms with Crippen LogP contribution < -0.4 is 26.8 Å². The number of benzene rings is 2. The summed E-state index contributed by atoms with van der Waals surface area (Å²) in [4.78, 5) is 79.5. The van der Waals surface area contributed by atoms with E-state index in [4.69, 9.17) is 0 Å². The van der Waals surface area contributed by atoms with Gasteiger partial charge in [0.05, 0.1) is 18.8 Å². The topological polar surface area (TPSA) is 168 Å². The van der Waals surface area contributed by atoms with Gasteiger partial charge < -0.3 is 21.3 Å². The molecule has 0 saturated heterocycles. The number of alkyl halides is 2. The molecule has 0 aliphatic rings. The Kier molecular flexibility index (Phi) is 11.1. The maximum absolute atomic E-state index is 15.1. The van der Waals surface area contributed by atoms with Gasteiger partial charge in [-0.3, -0.25) is 33.3 Å². The summed E-state index contributed by atoms with van der Waals surface area (Å²) >= 11 is 0. The predicted molar refractivity (Wildman–Crippen MR) is 157 cm³/mol. The Bertz CT molecular complexity index is 1610. The summed E-state index contributed by atoms with van der Waals surface area (Å²) in [6.07, 6.45) is 0.728. The molecule has 3 aromatic rings. The van der Waals surface area contributed by atoms with Crippen LogP contribution >= 0.6 is 0 Å². The lowest BCUT2D eigenvalue weighted by molar-refractivity contribution is -0.160. The first-order valence-corrected chi connectivity index (χ1v) is 13.6. The molecule has 0 spiro atoms. The first-order chi connectivity index (χ1) is 20.8. The summed E-state index contributed by atoms with van der Waals surface area (Å²) in [6, 6.07) is 12.9. The number of Topliss-reactive ketones (excluding diaryl/α,β-unsaturated/α-hetero) is 1. The highest BCUT2D eigenvalue weighted by Gasteiger charge is 2.50. The van der Waals surface area contributed by atoms with Gasteiger partial charge in [0.25, 0.3) is 11.5 Å². The number of carbonyl (C=O) groups is 5. The van der Waals surface area contributed by atoms with E-state index in [9.17, 15) is 28.8 Å². The van der Waals surface area contributed by atoms with E-state index < -0.39 is 66.4 Å². The fraction of sp³-hybridized carbons (Fsp3) is 0.300. The quantitative estimate of drug-likeness (QED) is 0.212. The van der Waals surface area contributed by atoms with Gasteiger partial charge in [-0.15, -0.1) is 0 Å². The molecule has 14 heteroatoms. The van der Waals surface area contributed by atoms with Gasteiger partial charge in [-0.1, -0.05) is 54.1 Å². The first kappa shape index (κ1) is 33.2. The molecule has 0 aliphatic heterocycles. The summed E-state index contributed by atoms with van der Waals surface area (Å²) < 4.78 is 31.1. The summed E-state index contributed by atoms with van der Waals surface area (Å²) in [5.74, 6) is -10.8. The number of carbonyl (C=O) groups excluding carboxylic acids is 5. The van der Waals surface area contributed by atoms with Crippen molar-refractivity contribution in [3.63, 3.8) is 0 Å². The van der Waals surface area contributed by atoms with Crippen molar-refractivity contribution in [1.82, 2.24) is 25.5 Å². The Morgan fingerprint density at radius 1 is 0.977 bits per heavy atom. The van der Waals surface area contributed by atoms with Crippen molar-refractivity contribution < 1.29 is 32.8 Å². The van der Waals surface area contributed by atoms with Crippen LogP contribution in [0, 0.1) is 6.92 Å². The van der Waals surface area contributed by atoms with Crippen LogP contribution in [0.25, 0.3) is 11.4 Å². The standard InChI is InChI=1S/C30H32F2N6O6/c1-4-33-24(40)16-35-29(44)30(31,32)26(42)22(14-20-10-6-5-7-11-20)37-25(41)17-38-27(21-12-8-9-18(2)13-21)34-15-23(28(38)43)36-19(3)39/h5-13,15,22H,4,14,16-17H2,1-3H3,(H,33,40)(H,35,44)(H,36,39)(H,37,41). The van der Waals surface area contributed by atoms with Gasteiger partial charge in [0.15, 0.2) is 0 Å². The van der Waals surface area contributed by atoms with Gasteiger partial charge >= 0.3 is 5.92 Å². The van der Waals surface area contributed by atoms with E-state index in [0.717, 1.165) is 16.3 Å². The third-order valence-corrected chi connectivity index (χ3v) is 6.25. The summed E-state index contributed by atoms with van der Waals surface area (Å²) in [5.41, 5.74) is 0.643. The molecule has 1 unspecified atom stereocenters. The highest BCUT2D eigenvalue weighted by atomic mass is 19.3. The van der Waals surface area contributed by atoms with Crippen molar-refractivity contribution in [2.45, 2.75) is 45.7 Å². The SMILES string of the molecule is CCNC(=O)CNC(=O)C(F)(F)C(=O)C(Cc1ccccc1)NC(=O)Cn1c(-c2cccc(C)c2)ncc(NC(C)=O)c1=O. The molecule has 0 aliphatic carbocycles. The number of ketones is 1. The minimum absolute atomic E-state index is 0.0453. The summed E-state index contributed by atoms with van der Waals surface area (Å²) in [6.45, 7) is 3.23. The smallest absolute Gasteiger partial charge is 0.355 e. The van der Waals surface area contributed by atoms with Crippen LogP contribution in [0.15, 0.2) is 65.6 Å². The highest BCUT2D eigenvalue weighted by Crippen LogP contribution is 2.21.